The van der Waals surface area contributed by atoms with Gasteiger partial charge in [0.25, 0.3) is 0 Å². The second-order valence-corrected chi connectivity index (χ2v) is 7.27. The third kappa shape index (κ3) is 4.80. The summed E-state index contributed by atoms with van der Waals surface area (Å²) < 4.78 is 10.4. The molecule has 0 unspecified atom stereocenters. The molecule has 0 radical (unpaired) electrons. The summed E-state index contributed by atoms with van der Waals surface area (Å²) in [4.78, 5) is 26.9. The fraction of sp³-hybridized carbons (Fsp3) is 0.364. The minimum Gasteiger partial charge on any atom is -0.497 e. The van der Waals surface area contributed by atoms with E-state index < -0.39 is 6.03 Å². The molecule has 0 aromatic heterocycles. The first-order valence-electron chi connectivity index (χ1n) is 9.66. The Morgan fingerprint density at radius 2 is 1.62 bits per heavy atom. The van der Waals surface area contributed by atoms with Crippen LogP contribution in [0.2, 0.25) is 0 Å². The Morgan fingerprint density at radius 3 is 2.24 bits per heavy atom. The standard InChI is InChI=1S/C22H27N3O4/c1-14(2)21(26)25-9-5-6-15-7-8-16(12-20(15)25)23-22(27)24-17-10-18(28-3)13-19(11-17)29-4/h7-8,10-14H,5-6,9H2,1-4H3,(H2,23,24,27). The monoisotopic (exact) mass is 397 g/mol. The van der Waals surface area contributed by atoms with Crippen LogP contribution >= 0.6 is 0 Å². The number of hydrogen-bond donors (Lipinski definition) is 2. The van der Waals surface area contributed by atoms with Gasteiger partial charge in [-0.1, -0.05) is 19.9 Å². The van der Waals surface area contributed by atoms with Crippen molar-refractivity contribution in [2.45, 2.75) is 26.7 Å². The molecule has 1 aliphatic heterocycles. The van der Waals surface area contributed by atoms with E-state index >= 15 is 0 Å². The highest BCUT2D eigenvalue weighted by Crippen LogP contribution is 2.31. The number of methoxy groups -OCH3 is 2. The Morgan fingerprint density at radius 1 is 0.966 bits per heavy atom. The van der Waals surface area contributed by atoms with Gasteiger partial charge in [-0.05, 0) is 30.5 Å². The van der Waals surface area contributed by atoms with Crippen molar-refractivity contribution in [2.75, 3.05) is 36.3 Å². The number of hydrogen-bond acceptors (Lipinski definition) is 4. The van der Waals surface area contributed by atoms with Crippen molar-refractivity contribution in [2.24, 2.45) is 5.92 Å². The van der Waals surface area contributed by atoms with E-state index in [0.717, 1.165) is 24.1 Å². The molecular weight excluding hydrogens is 370 g/mol. The number of nitrogens with one attached hydrogen (secondary N) is 2. The molecule has 0 fully saturated rings. The lowest BCUT2D eigenvalue weighted by molar-refractivity contribution is -0.121. The average Bonchev–Trinajstić information content (AvgIpc) is 2.72. The summed E-state index contributed by atoms with van der Waals surface area (Å²) >= 11 is 0. The van der Waals surface area contributed by atoms with Gasteiger partial charge in [-0.3, -0.25) is 4.79 Å². The lowest BCUT2D eigenvalue weighted by Gasteiger charge is -2.31. The number of aryl methyl sites for hydroxylation is 1. The second-order valence-electron chi connectivity index (χ2n) is 7.27. The Labute approximate surface area is 171 Å². The molecule has 7 heteroatoms. The summed E-state index contributed by atoms with van der Waals surface area (Å²) in [6.07, 6.45) is 1.86. The van der Waals surface area contributed by atoms with Gasteiger partial charge in [0.1, 0.15) is 11.5 Å². The van der Waals surface area contributed by atoms with E-state index in [4.69, 9.17) is 9.47 Å². The van der Waals surface area contributed by atoms with E-state index in [0.29, 0.717) is 29.4 Å². The van der Waals surface area contributed by atoms with Crippen LogP contribution in [0.3, 0.4) is 0 Å². The topological polar surface area (TPSA) is 79.9 Å². The lowest BCUT2D eigenvalue weighted by Crippen LogP contribution is -2.38. The molecule has 0 spiro atoms. The molecule has 1 aliphatic rings. The number of nitrogens with zero attached hydrogens (tertiary/aromatic N) is 1. The van der Waals surface area contributed by atoms with E-state index in [9.17, 15) is 9.59 Å². The first-order chi connectivity index (χ1) is 13.9. The van der Waals surface area contributed by atoms with Crippen molar-refractivity contribution in [1.82, 2.24) is 0 Å². The molecule has 29 heavy (non-hydrogen) atoms. The normalized spacial score (nSPS) is 12.9. The van der Waals surface area contributed by atoms with E-state index in [1.54, 1.807) is 32.4 Å². The van der Waals surface area contributed by atoms with Gasteiger partial charge in [0.15, 0.2) is 0 Å². The Kier molecular flexibility index (Phi) is 6.26. The predicted molar refractivity (Wildman–Crippen MR) is 114 cm³/mol. The largest absolute Gasteiger partial charge is 0.497 e. The fourth-order valence-corrected chi connectivity index (χ4v) is 3.37. The highest BCUT2D eigenvalue weighted by molar-refractivity contribution is 6.01. The van der Waals surface area contributed by atoms with Crippen molar-refractivity contribution in [3.8, 4) is 11.5 Å². The number of fused-ring (bicyclic) bond motifs is 1. The molecule has 0 aliphatic carbocycles. The van der Waals surface area contributed by atoms with Gasteiger partial charge in [-0.15, -0.1) is 0 Å². The van der Waals surface area contributed by atoms with Gasteiger partial charge < -0.3 is 25.0 Å². The van der Waals surface area contributed by atoms with E-state index in [-0.39, 0.29) is 11.8 Å². The summed E-state index contributed by atoms with van der Waals surface area (Å²) in [6, 6.07) is 10.4. The minimum atomic E-state index is -0.391. The van der Waals surface area contributed by atoms with E-state index in [1.807, 2.05) is 36.9 Å². The van der Waals surface area contributed by atoms with Crippen LogP contribution in [0, 0.1) is 5.92 Å². The molecule has 0 atom stereocenters. The lowest BCUT2D eigenvalue weighted by atomic mass is 9.99. The number of carbonyl (C=O) groups excluding carboxylic acids is 2. The van der Waals surface area contributed by atoms with Gasteiger partial charge >= 0.3 is 6.03 Å². The zero-order valence-electron chi connectivity index (χ0n) is 17.2. The quantitative estimate of drug-likeness (QED) is 0.789. The third-order valence-corrected chi connectivity index (χ3v) is 4.83. The summed E-state index contributed by atoms with van der Waals surface area (Å²) in [5.74, 6) is 1.17. The van der Waals surface area contributed by atoms with Crippen molar-refractivity contribution in [1.29, 1.82) is 0 Å². The van der Waals surface area contributed by atoms with E-state index in [2.05, 4.69) is 10.6 Å². The Hall–Kier alpha value is -3.22. The van der Waals surface area contributed by atoms with Crippen LogP contribution in [-0.4, -0.2) is 32.7 Å². The minimum absolute atomic E-state index is 0.0797. The summed E-state index contributed by atoms with van der Waals surface area (Å²) in [5.41, 5.74) is 3.16. The number of anilines is 3. The maximum atomic E-state index is 12.6. The van der Waals surface area contributed by atoms with Crippen LogP contribution in [0.5, 0.6) is 11.5 Å². The molecule has 154 valence electrons. The van der Waals surface area contributed by atoms with Crippen LogP contribution < -0.4 is 25.0 Å². The molecule has 0 saturated heterocycles. The van der Waals surface area contributed by atoms with Crippen LogP contribution in [-0.2, 0) is 11.2 Å². The highest BCUT2D eigenvalue weighted by Gasteiger charge is 2.24. The molecule has 2 aromatic carbocycles. The predicted octanol–water partition coefficient (Wildman–Crippen LogP) is 4.28. The van der Waals surface area contributed by atoms with Crippen LogP contribution in [0.15, 0.2) is 36.4 Å². The summed E-state index contributed by atoms with van der Waals surface area (Å²) in [7, 11) is 3.10. The molecule has 7 nitrogen and oxygen atoms in total. The number of urea groups is 1. The maximum absolute atomic E-state index is 12.6. The SMILES string of the molecule is COc1cc(NC(=O)Nc2ccc3c(c2)N(C(=O)C(C)C)CCC3)cc(OC)c1. The fourth-order valence-electron chi connectivity index (χ4n) is 3.37. The molecule has 0 saturated carbocycles. The van der Waals surface area contributed by atoms with Crippen molar-refractivity contribution >= 4 is 29.0 Å². The number of carbonyl (C=O) groups is 2. The smallest absolute Gasteiger partial charge is 0.323 e. The van der Waals surface area contributed by atoms with Gasteiger partial charge in [-0.2, -0.15) is 0 Å². The van der Waals surface area contributed by atoms with Crippen LogP contribution in [0.4, 0.5) is 21.9 Å². The molecule has 3 amide bonds. The number of rotatable bonds is 5. The highest BCUT2D eigenvalue weighted by atomic mass is 16.5. The first kappa shape index (κ1) is 20.5. The third-order valence-electron chi connectivity index (χ3n) is 4.83. The van der Waals surface area contributed by atoms with Crippen molar-refractivity contribution in [3.05, 3.63) is 42.0 Å². The maximum Gasteiger partial charge on any atom is 0.323 e. The van der Waals surface area contributed by atoms with Gasteiger partial charge in [-0.25, -0.2) is 4.79 Å². The van der Waals surface area contributed by atoms with Gasteiger partial charge in [0.2, 0.25) is 5.91 Å². The number of ether oxygens (including phenoxy) is 2. The van der Waals surface area contributed by atoms with Crippen molar-refractivity contribution in [3.63, 3.8) is 0 Å². The van der Waals surface area contributed by atoms with Gasteiger partial charge in [0.05, 0.1) is 14.2 Å². The number of amides is 3. The van der Waals surface area contributed by atoms with E-state index in [1.165, 1.54) is 0 Å². The van der Waals surface area contributed by atoms with Crippen LogP contribution in [0.1, 0.15) is 25.8 Å². The molecule has 2 aromatic rings. The van der Waals surface area contributed by atoms with Crippen molar-refractivity contribution < 1.29 is 19.1 Å². The average molecular weight is 397 g/mol. The number of benzene rings is 2. The molecule has 0 bridgehead atoms. The molecular formula is C22H27N3O4. The zero-order valence-corrected chi connectivity index (χ0v) is 17.2. The first-order valence-corrected chi connectivity index (χ1v) is 9.66. The van der Waals surface area contributed by atoms with Gasteiger partial charge in [0, 0.05) is 47.7 Å². The molecule has 1 heterocycles. The Bertz CT molecular complexity index is 889. The zero-order chi connectivity index (χ0) is 21.0. The summed E-state index contributed by atoms with van der Waals surface area (Å²) in [6.45, 7) is 4.49. The summed E-state index contributed by atoms with van der Waals surface area (Å²) in [5, 5.41) is 5.62. The molecule has 3 rings (SSSR count). The van der Waals surface area contributed by atoms with Crippen LogP contribution in [0.25, 0.3) is 0 Å². The Balaban J connectivity index is 1.76. The second kappa shape index (κ2) is 8.86. The molecule has 2 N–H and O–H groups in total.